The van der Waals surface area contributed by atoms with Crippen molar-refractivity contribution in [2.45, 2.75) is 39.7 Å². The van der Waals surface area contributed by atoms with E-state index in [0.29, 0.717) is 17.5 Å². The average Bonchev–Trinajstić information content (AvgIpc) is 2.50. The molecular formula is C16H21N5O2. The van der Waals surface area contributed by atoms with Crippen LogP contribution in [0.2, 0.25) is 0 Å². The molecule has 0 amide bonds. The van der Waals surface area contributed by atoms with Gasteiger partial charge in [-0.05, 0) is 33.3 Å². The molecule has 122 valence electrons. The number of aryl methyl sites for hydroxylation is 1. The smallest absolute Gasteiger partial charge is 0.271 e. The second-order valence-corrected chi connectivity index (χ2v) is 6.02. The molecule has 0 atom stereocenters. The number of nitrogens with one attached hydrogen (secondary N) is 2. The van der Waals surface area contributed by atoms with Crippen LogP contribution in [0.3, 0.4) is 0 Å². The fourth-order valence-electron chi connectivity index (χ4n) is 1.85. The minimum atomic E-state index is -0.422. The van der Waals surface area contributed by atoms with Gasteiger partial charge in [0.1, 0.15) is 5.82 Å². The Balaban J connectivity index is 2.26. The first-order valence-corrected chi connectivity index (χ1v) is 7.44. The van der Waals surface area contributed by atoms with E-state index in [1.165, 1.54) is 12.1 Å². The van der Waals surface area contributed by atoms with Crippen molar-refractivity contribution in [2.24, 2.45) is 0 Å². The van der Waals surface area contributed by atoms with Crippen molar-refractivity contribution >= 4 is 23.1 Å². The van der Waals surface area contributed by atoms with Crippen LogP contribution >= 0.6 is 0 Å². The summed E-state index contributed by atoms with van der Waals surface area (Å²) in [6, 6.07) is 6.33. The van der Waals surface area contributed by atoms with E-state index in [0.717, 1.165) is 12.0 Å². The molecule has 0 aliphatic heterocycles. The van der Waals surface area contributed by atoms with Crippen LogP contribution < -0.4 is 10.6 Å². The molecule has 0 aliphatic carbocycles. The topological polar surface area (TPSA) is 93.0 Å². The molecule has 1 heterocycles. The first kappa shape index (κ1) is 16.7. The van der Waals surface area contributed by atoms with Gasteiger partial charge in [-0.1, -0.05) is 13.0 Å². The SMILES string of the molecule is CCC(C)(C)Nc1ncc(C)c(Nc2cccc([N+](=O)[O-])c2)n1. The Bertz CT molecular complexity index is 715. The van der Waals surface area contributed by atoms with Crippen LogP contribution in [-0.2, 0) is 0 Å². The van der Waals surface area contributed by atoms with Crippen molar-refractivity contribution in [1.29, 1.82) is 0 Å². The van der Waals surface area contributed by atoms with Crippen molar-refractivity contribution in [3.05, 3.63) is 46.1 Å². The van der Waals surface area contributed by atoms with Gasteiger partial charge < -0.3 is 10.6 Å². The first-order valence-electron chi connectivity index (χ1n) is 7.44. The molecule has 2 N–H and O–H groups in total. The molecule has 0 bridgehead atoms. The molecule has 0 radical (unpaired) electrons. The molecule has 0 saturated carbocycles. The highest BCUT2D eigenvalue weighted by Gasteiger charge is 2.16. The van der Waals surface area contributed by atoms with E-state index in [2.05, 4.69) is 41.4 Å². The maximum atomic E-state index is 10.9. The van der Waals surface area contributed by atoms with Crippen LogP contribution in [0.4, 0.5) is 23.1 Å². The van der Waals surface area contributed by atoms with E-state index in [1.54, 1.807) is 18.3 Å². The number of nitro groups is 1. The summed E-state index contributed by atoms with van der Waals surface area (Å²) in [4.78, 5) is 19.2. The molecule has 1 aromatic carbocycles. The quantitative estimate of drug-likeness (QED) is 0.617. The fourth-order valence-corrected chi connectivity index (χ4v) is 1.85. The third kappa shape index (κ3) is 4.38. The maximum Gasteiger partial charge on any atom is 0.271 e. The summed E-state index contributed by atoms with van der Waals surface area (Å²) in [6.45, 7) is 8.12. The van der Waals surface area contributed by atoms with Crippen LogP contribution in [0.5, 0.6) is 0 Å². The normalized spacial score (nSPS) is 11.1. The summed E-state index contributed by atoms with van der Waals surface area (Å²) in [5, 5.41) is 17.3. The number of nitrogens with zero attached hydrogens (tertiary/aromatic N) is 3. The predicted octanol–water partition coefficient (Wildman–Crippen LogP) is 4.04. The first-order chi connectivity index (χ1) is 10.8. The summed E-state index contributed by atoms with van der Waals surface area (Å²) in [7, 11) is 0. The molecule has 7 nitrogen and oxygen atoms in total. The summed E-state index contributed by atoms with van der Waals surface area (Å²) in [5.41, 5.74) is 1.39. The highest BCUT2D eigenvalue weighted by Crippen LogP contribution is 2.23. The molecule has 1 aromatic heterocycles. The van der Waals surface area contributed by atoms with Crippen molar-refractivity contribution < 1.29 is 4.92 Å². The Morgan fingerprint density at radius 1 is 1.35 bits per heavy atom. The van der Waals surface area contributed by atoms with Crippen LogP contribution in [0, 0.1) is 17.0 Å². The monoisotopic (exact) mass is 315 g/mol. The third-order valence-corrected chi connectivity index (χ3v) is 3.63. The van der Waals surface area contributed by atoms with Gasteiger partial charge in [-0.25, -0.2) is 4.98 Å². The molecule has 7 heteroatoms. The number of nitro benzene ring substituents is 1. The highest BCUT2D eigenvalue weighted by molar-refractivity contribution is 5.62. The summed E-state index contributed by atoms with van der Waals surface area (Å²) < 4.78 is 0. The van der Waals surface area contributed by atoms with Crippen LogP contribution in [0.15, 0.2) is 30.5 Å². The lowest BCUT2D eigenvalue weighted by Gasteiger charge is -2.24. The Morgan fingerprint density at radius 3 is 2.74 bits per heavy atom. The average molecular weight is 315 g/mol. The molecule has 0 aliphatic rings. The summed E-state index contributed by atoms with van der Waals surface area (Å²) in [5.74, 6) is 1.14. The lowest BCUT2D eigenvalue weighted by Crippen LogP contribution is -2.30. The molecule has 0 unspecified atom stereocenters. The number of benzene rings is 1. The molecular weight excluding hydrogens is 294 g/mol. The molecule has 2 aromatic rings. The molecule has 0 spiro atoms. The maximum absolute atomic E-state index is 10.9. The Labute approximate surface area is 135 Å². The number of hydrogen-bond donors (Lipinski definition) is 2. The lowest BCUT2D eigenvalue weighted by atomic mass is 10.0. The minimum Gasteiger partial charge on any atom is -0.349 e. The second kappa shape index (κ2) is 6.60. The van der Waals surface area contributed by atoms with E-state index in [4.69, 9.17) is 0 Å². The molecule has 2 rings (SSSR count). The Morgan fingerprint density at radius 2 is 2.09 bits per heavy atom. The van der Waals surface area contributed by atoms with Gasteiger partial charge in [0, 0.05) is 35.1 Å². The van der Waals surface area contributed by atoms with Crippen molar-refractivity contribution in [2.75, 3.05) is 10.6 Å². The van der Waals surface area contributed by atoms with Gasteiger partial charge in [-0.2, -0.15) is 4.98 Å². The third-order valence-electron chi connectivity index (χ3n) is 3.63. The van der Waals surface area contributed by atoms with Gasteiger partial charge in [-0.3, -0.25) is 10.1 Å². The largest absolute Gasteiger partial charge is 0.349 e. The number of non-ortho nitro benzene ring substituents is 1. The van der Waals surface area contributed by atoms with Crippen LogP contribution in [-0.4, -0.2) is 20.4 Å². The predicted molar refractivity (Wildman–Crippen MR) is 91.1 cm³/mol. The van der Waals surface area contributed by atoms with Crippen molar-refractivity contribution in [3.8, 4) is 0 Å². The van der Waals surface area contributed by atoms with E-state index in [9.17, 15) is 10.1 Å². The van der Waals surface area contributed by atoms with Gasteiger partial charge >= 0.3 is 0 Å². The van der Waals surface area contributed by atoms with Crippen molar-refractivity contribution in [1.82, 2.24) is 9.97 Å². The summed E-state index contributed by atoms with van der Waals surface area (Å²) >= 11 is 0. The van der Waals surface area contributed by atoms with E-state index >= 15 is 0 Å². The Hall–Kier alpha value is -2.70. The zero-order valence-electron chi connectivity index (χ0n) is 13.8. The number of rotatable bonds is 6. The molecule has 0 saturated heterocycles. The van der Waals surface area contributed by atoms with E-state index in [1.807, 2.05) is 6.92 Å². The van der Waals surface area contributed by atoms with Crippen molar-refractivity contribution in [3.63, 3.8) is 0 Å². The van der Waals surface area contributed by atoms with E-state index < -0.39 is 4.92 Å². The summed E-state index contributed by atoms with van der Waals surface area (Å²) in [6.07, 6.45) is 2.65. The van der Waals surface area contributed by atoms with Gasteiger partial charge in [0.05, 0.1) is 4.92 Å². The van der Waals surface area contributed by atoms with Crippen LogP contribution in [0.25, 0.3) is 0 Å². The fraction of sp³-hybridized carbons (Fsp3) is 0.375. The molecule has 23 heavy (non-hydrogen) atoms. The van der Waals surface area contributed by atoms with E-state index in [-0.39, 0.29) is 11.2 Å². The van der Waals surface area contributed by atoms with Gasteiger partial charge in [-0.15, -0.1) is 0 Å². The standard InChI is InChI=1S/C16H21N5O2/c1-5-16(3,4)20-15-17-10-11(2)14(19-15)18-12-7-6-8-13(9-12)21(22)23/h6-10H,5H2,1-4H3,(H2,17,18,19,20). The second-order valence-electron chi connectivity index (χ2n) is 6.02. The lowest BCUT2D eigenvalue weighted by molar-refractivity contribution is -0.384. The number of hydrogen-bond acceptors (Lipinski definition) is 6. The molecule has 0 fully saturated rings. The zero-order valence-corrected chi connectivity index (χ0v) is 13.8. The zero-order chi connectivity index (χ0) is 17.0. The Kier molecular flexibility index (Phi) is 4.78. The highest BCUT2D eigenvalue weighted by atomic mass is 16.6. The number of aromatic nitrogens is 2. The van der Waals surface area contributed by atoms with Gasteiger partial charge in [0.15, 0.2) is 0 Å². The van der Waals surface area contributed by atoms with Gasteiger partial charge in [0.2, 0.25) is 5.95 Å². The van der Waals surface area contributed by atoms with Gasteiger partial charge in [0.25, 0.3) is 5.69 Å². The van der Waals surface area contributed by atoms with Crippen LogP contribution in [0.1, 0.15) is 32.8 Å². The number of anilines is 3. The minimum absolute atomic E-state index is 0.0344.